The number of hydrogen-bond donors (Lipinski definition) is 0. The second-order valence-corrected chi connectivity index (χ2v) is 8.92. The van der Waals surface area contributed by atoms with E-state index in [4.69, 9.17) is 0 Å². The summed E-state index contributed by atoms with van der Waals surface area (Å²) in [5.41, 5.74) is 8.77. The van der Waals surface area contributed by atoms with Crippen LogP contribution < -0.4 is 0 Å². The van der Waals surface area contributed by atoms with Gasteiger partial charge in [-0.25, -0.2) is 0 Å². The summed E-state index contributed by atoms with van der Waals surface area (Å²) in [5.74, 6) is 0.251. The van der Waals surface area contributed by atoms with Crippen LogP contribution in [0.15, 0.2) is 59.6 Å². The van der Waals surface area contributed by atoms with Crippen LogP contribution in [0.1, 0.15) is 50.5 Å². The Balaban J connectivity index is 1.47. The van der Waals surface area contributed by atoms with E-state index in [0.717, 1.165) is 54.2 Å². The van der Waals surface area contributed by atoms with Crippen molar-refractivity contribution in [1.82, 2.24) is 9.88 Å². The molecule has 1 saturated heterocycles. The maximum atomic E-state index is 12.8. The minimum absolute atomic E-state index is 0.251. The molecule has 0 unspecified atom stereocenters. The number of piperidine rings is 1. The molecule has 29 heavy (non-hydrogen) atoms. The van der Waals surface area contributed by atoms with Crippen LogP contribution >= 0.6 is 11.3 Å². The summed E-state index contributed by atoms with van der Waals surface area (Å²) in [4.78, 5) is 20.8. The van der Waals surface area contributed by atoms with E-state index < -0.39 is 0 Å². The van der Waals surface area contributed by atoms with Gasteiger partial charge in [0.15, 0.2) is 5.78 Å². The van der Waals surface area contributed by atoms with E-state index in [2.05, 4.69) is 52.5 Å². The molecule has 0 amide bonds. The zero-order valence-corrected chi connectivity index (χ0v) is 17.5. The van der Waals surface area contributed by atoms with Crippen LogP contribution in [0.25, 0.3) is 5.57 Å². The molecule has 0 N–H and O–H groups in total. The maximum Gasteiger partial charge on any atom is 0.177 e. The van der Waals surface area contributed by atoms with Gasteiger partial charge in [0.25, 0.3) is 0 Å². The molecule has 0 radical (unpaired) electrons. The molecular weight excluding hydrogens is 376 g/mol. The number of thiophene rings is 1. The number of carbonyl (C=O) groups excluding carboxylic acids is 1. The third-order valence-electron chi connectivity index (χ3n) is 6.00. The van der Waals surface area contributed by atoms with E-state index in [1.807, 2.05) is 18.3 Å². The van der Waals surface area contributed by atoms with Gasteiger partial charge in [-0.15, -0.1) is 11.3 Å². The molecule has 3 nitrogen and oxygen atoms in total. The van der Waals surface area contributed by atoms with E-state index in [0.29, 0.717) is 6.42 Å². The molecule has 5 rings (SSSR count). The predicted molar refractivity (Wildman–Crippen MR) is 118 cm³/mol. The summed E-state index contributed by atoms with van der Waals surface area (Å²) >= 11 is 1.59. The first-order valence-electron chi connectivity index (χ1n) is 10.2. The van der Waals surface area contributed by atoms with Gasteiger partial charge in [-0.1, -0.05) is 29.8 Å². The number of nitrogens with zero attached hydrogens (tertiary/aromatic N) is 2. The normalized spacial score (nSPS) is 17.1. The van der Waals surface area contributed by atoms with Crippen LogP contribution in [0.2, 0.25) is 0 Å². The zero-order valence-electron chi connectivity index (χ0n) is 16.6. The van der Waals surface area contributed by atoms with E-state index in [-0.39, 0.29) is 5.78 Å². The van der Waals surface area contributed by atoms with Crippen LogP contribution in [0.4, 0.5) is 0 Å². The molecule has 0 bridgehead atoms. The van der Waals surface area contributed by atoms with Crippen molar-refractivity contribution < 1.29 is 4.79 Å². The van der Waals surface area contributed by atoms with Gasteiger partial charge in [0.2, 0.25) is 0 Å². The van der Waals surface area contributed by atoms with Gasteiger partial charge in [-0.3, -0.25) is 14.7 Å². The number of aryl methyl sites for hydroxylation is 1. The first kappa shape index (κ1) is 18.5. The van der Waals surface area contributed by atoms with E-state index in [1.54, 1.807) is 11.3 Å². The van der Waals surface area contributed by atoms with Crippen molar-refractivity contribution in [3.63, 3.8) is 0 Å². The molecule has 3 heterocycles. The van der Waals surface area contributed by atoms with Gasteiger partial charge < -0.3 is 0 Å². The lowest BCUT2D eigenvalue weighted by molar-refractivity contribution is 0.0997. The molecule has 4 heteroatoms. The number of benzene rings is 1. The lowest BCUT2D eigenvalue weighted by Crippen LogP contribution is -2.31. The number of pyridine rings is 1. The highest BCUT2D eigenvalue weighted by atomic mass is 32.1. The molecule has 0 atom stereocenters. The average Bonchev–Trinajstić information content (AvgIpc) is 3.16. The fourth-order valence-corrected chi connectivity index (χ4v) is 5.41. The van der Waals surface area contributed by atoms with Crippen molar-refractivity contribution in [1.29, 1.82) is 0 Å². The Bertz CT molecular complexity index is 1100. The summed E-state index contributed by atoms with van der Waals surface area (Å²) in [6.45, 7) is 5.09. The summed E-state index contributed by atoms with van der Waals surface area (Å²) in [7, 11) is 0. The average molecular weight is 401 g/mol. The molecule has 1 aliphatic heterocycles. The molecule has 3 aromatic rings. The van der Waals surface area contributed by atoms with E-state index >= 15 is 0 Å². The zero-order chi connectivity index (χ0) is 19.8. The van der Waals surface area contributed by atoms with Crippen LogP contribution in [0, 0.1) is 6.92 Å². The number of carbonyl (C=O) groups is 1. The molecule has 2 aliphatic rings. The molecular formula is C25H24N2OS. The van der Waals surface area contributed by atoms with Crippen LogP contribution in [0.3, 0.4) is 0 Å². The first-order valence-corrected chi connectivity index (χ1v) is 11.1. The minimum Gasteiger partial charge on any atom is -0.297 e. The summed E-state index contributed by atoms with van der Waals surface area (Å²) in [5, 5.41) is 2.07. The number of likely N-dealkylation sites (tertiary alicyclic amines) is 1. The van der Waals surface area contributed by atoms with Gasteiger partial charge in [-0.05, 0) is 65.6 Å². The first-order chi connectivity index (χ1) is 14.2. The van der Waals surface area contributed by atoms with Crippen molar-refractivity contribution in [2.24, 2.45) is 0 Å². The Morgan fingerprint density at radius 3 is 2.72 bits per heavy atom. The Labute approximate surface area is 175 Å². The van der Waals surface area contributed by atoms with Crippen molar-refractivity contribution in [2.45, 2.75) is 32.7 Å². The van der Waals surface area contributed by atoms with Crippen LogP contribution in [-0.4, -0.2) is 28.8 Å². The number of rotatable bonds is 2. The predicted octanol–water partition coefficient (Wildman–Crippen LogP) is 5.29. The van der Waals surface area contributed by atoms with Gasteiger partial charge in [0.05, 0.1) is 10.6 Å². The molecule has 0 saturated carbocycles. The van der Waals surface area contributed by atoms with Gasteiger partial charge in [-0.2, -0.15) is 0 Å². The lowest BCUT2D eigenvalue weighted by Gasteiger charge is -2.30. The topological polar surface area (TPSA) is 33.2 Å². The summed E-state index contributed by atoms with van der Waals surface area (Å²) in [6, 6.07) is 14.8. The van der Waals surface area contributed by atoms with Gasteiger partial charge in [0, 0.05) is 37.8 Å². The SMILES string of the molecule is Cc1ccnc(CN2CCC(=C3c4ccccc4CC(=O)c4sccc43)CC2)c1. The molecule has 0 spiro atoms. The van der Waals surface area contributed by atoms with Crippen LogP contribution in [-0.2, 0) is 13.0 Å². The fraction of sp³-hybridized carbons (Fsp3) is 0.280. The Morgan fingerprint density at radius 2 is 1.90 bits per heavy atom. The molecule has 1 aliphatic carbocycles. The third kappa shape index (κ3) is 3.59. The summed E-state index contributed by atoms with van der Waals surface area (Å²) < 4.78 is 0. The monoisotopic (exact) mass is 400 g/mol. The fourth-order valence-electron chi connectivity index (χ4n) is 4.57. The quantitative estimate of drug-likeness (QED) is 0.586. The number of Topliss-reactive ketones (excluding diaryl/α,β-unsaturated/α-hetero) is 1. The van der Waals surface area contributed by atoms with Crippen molar-refractivity contribution >= 4 is 22.7 Å². The number of aromatic nitrogens is 1. The number of ketones is 1. The van der Waals surface area contributed by atoms with Gasteiger partial charge in [0.1, 0.15) is 0 Å². The second-order valence-electron chi connectivity index (χ2n) is 8.00. The highest BCUT2D eigenvalue weighted by molar-refractivity contribution is 7.12. The molecule has 2 aromatic heterocycles. The van der Waals surface area contributed by atoms with Crippen LogP contribution in [0.5, 0.6) is 0 Å². The number of fused-ring (bicyclic) bond motifs is 2. The van der Waals surface area contributed by atoms with Crippen molar-refractivity contribution in [2.75, 3.05) is 13.1 Å². The second kappa shape index (κ2) is 7.69. The lowest BCUT2D eigenvalue weighted by atomic mass is 9.87. The highest BCUT2D eigenvalue weighted by Crippen LogP contribution is 2.40. The molecule has 1 aromatic carbocycles. The Morgan fingerprint density at radius 1 is 1.07 bits per heavy atom. The molecule has 146 valence electrons. The number of hydrogen-bond acceptors (Lipinski definition) is 4. The van der Waals surface area contributed by atoms with Crippen molar-refractivity contribution in [3.8, 4) is 0 Å². The Hall–Kier alpha value is -2.56. The Kier molecular flexibility index (Phi) is 4.90. The van der Waals surface area contributed by atoms with Crippen molar-refractivity contribution in [3.05, 3.63) is 92.4 Å². The maximum absolute atomic E-state index is 12.8. The van der Waals surface area contributed by atoms with Gasteiger partial charge >= 0.3 is 0 Å². The van der Waals surface area contributed by atoms with E-state index in [9.17, 15) is 4.79 Å². The van der Waals surface area contributed by atoms with E-state index in [1.165, 1.54) is 22.3 Å². The molecule has 1 fully saturated rings. The third-order valence-corrected chi connectivity index (χ3v) is 6.95. The highest BCUT2D eigenvalue weighted by Gasteiger charge is 2.27. The summed E-state index contributed by atoms with van der Waals surface area (Å²) in [6.07, 6.45) is 4.49. The smallest absolute Gasteiger partial charge is 0.177 e. The standard InChI is InChI=1S/C25H24N2OS/c1-17-6-10-26-20(14-17)16-27-11-7-18(8-12-27)24-21-5-3-2-4-19(21)15-23(28)25-22(24)9-13-29-25/h2-6,9-10,13-14H,7-8,11-12,15-16H2,1H3. The minimum atomic E-state index is 0.251. The largest absolute Gasteiger partial charge is 0.297 e.